The van der Waals surface area contributed by atoms with Crippen LogP contribution >= 0.6 is 0 Å². The zero-order chi connectivity index (χ0) is 9.41. The largest absolute Gasteiger partial charge is 0.386 e. The summed E-state index contributed by atoms with van der Waals surface area (Å²) in [6, 6.07) is 0. The number of hydrogen-bond acceptors (Lipinski definition) is 1. The molecule has 1 unspecified atom stereocenters. The van der Waals surface area contributed by atoms with Gasteiger partial charge >= 0.3 is 0 Å². The highest BCUT2D eigenvalue weighted by molar-refractivity contribution is 5.11. The van der Waals surface area contributed by atoms with Gasteiger partial charge in [-0.3, -0.25) is 0 Å². The van der Waals surface area contributed by atoms with Gasteiger partial charge in [0.15, 0.2) is 0 Å². The van der Waals surface area contributed by atoms with E-state index in [2.05, 4.69) is 13.8 Å². The van der Waals surface area contributed by atoms with Crippen molar-refractivity contribution in [2.24, 2.45) is 5.41 Å². The molecular formula is C11H20O. The summed E-state index contributed by atoms with van der Waals surface area (Å²) in [5.41, 5.74) is 1.03. The van der Waals surface area contributed by atoms with Crippen molar-refractivity contribution in [3.05, 3.63) is 11.6 Å². The lowest BCUT2D eigenvalue weighted by molar-refractivity contribution is 0.0864. The number of aliphatic hydroxyl groups is 1. The molecule has 0 aromatic rings. The Morgan fingerprint density at radius 1 is 1.25 bits per heavy atom. The van der Waals surface area contributed by atoms with E-state index in [1.165, 1.54) is 5.57 Å². The molecule has 0 saturated heterocycles. The van der Waals surface area contributed by atoms with Crippen LogP contribution in [0, 0.1) is 5.41 Å². The van der Waals surface area contributed by atoms with Crippen LogP contribution in [0.2, 0.25) is 0 Å². The first-order valence-electron chi connectivity index (χ1n) is 4.72. The van der Waals surface area contributed by atoms with Crippen molar-refractivity contribution >= 4 is 0 Å². The molecule has 0 spiro atoms. The summed E-state index contributed by atoms with van der Waals surface area (Å²) < 4.78 is 0. The van der Waals surface area contributed by atoms with Crippen LogP contribution in [0.4, 0.5) is 0 Å². The molecule has 0 amide bonds. The molecule has 0 bridgehead atoms. The molecular weight excluding hydrogens is 148 g/mol. The SMILES string of the molecule is CC(C)=CC1(O)CCC(C)(C)C1. The van der Waals surface area contributed by atoms with Crippen molar-refractivity contribution in [2.75, 3.05) is 0 Å². The third-order valence-corrected chi connectivity index (χ3v) is 2.58. The quantitative estimate of drug-likeness (QED) is 0.597. The van der Waals surface area contributed by atoms with Crippen molar-refractivity contribution in [1.82, 2.24) is 0 Å². The predicted octanol–water partition coefficient (Wildman–Crippen LogP) is 2.89. The van der Waals surface area contributed by atoms with Gasteiger partial charge in [0.25, 0.3) is 0 Å². The Balaban J connectivity index is 2.72. The lowest BCUT2D eigenvalue weighted by Crippen LogP contribution is -2.23. The number of hydrogen-bond donors (Lipinski definition) is 1. The van der Waals surface area contributed by atoms with Crippen molar-refractivity contribution in [3.63, 3.8) is 0 Å². The fourth-order valence-corrected chi connectivity index (χ4v) is 2.22. The number of rotatable bonds is 1. The molecule has 12 heavy (non-hydrogen) atoms. The molecule has 1 atom stereocenters. The summed E-state index contributed by atoms with van der Waals surface area (Å²) in [5, 5.41) is 10.1. The summed E-state index contributed by atoms with van der Waals surface area (Å²) in [4.78, 5) is 0. The first-order chi connectivity index (χ1) is 5.33. The highest BCUT2D eigenvalue weighted by Crippen LogP contribution is 2.44. The minimum Gasteiger partial charge on any atom is -0.386 e. The van der Waals surface area contributed by atoms with Gasteiger partial charge in [0.05, 0.1) is 5.60 Å². The highest BCUT2D eigenvalue weighted by Gasteiger charge is 2.39. The summed E-state index contributed by atoms with van der Waals surface area (Å²) in [6.45, 7) is 8.54. The maximum atomic E-state index is 10.1. The molecule has 0 radical (unpaired) electrons. The van der Waals surface area contributed by atoms with Crippen LogP contribution in [0.3, 0.4) is 0 Å². The molecule has 0 heterocycles. The Morgan fingerprint density at radius 2 is 1.83 bits per heavy atom. The zero-order valence-corrected chi connectivity index (χ0v) is 8.65. The maximum absolute atomic E-state index is 10.1. The molecule has 0 aliphatic heterocycles. The minimum absolute atomic E-state index is 0.320. The molecule has 70 valence electrons. The third kappa shape index (κ3) is 2.34. The molecule has 0 aromatic carbocycles. The van der Waals surface area contributed by atoms with Crippen LogP contribution in [0.1, 0.15) is 47.0 Å². The van der Waals surface area contributed by atoms with Crippen LogP contribution in [0.25, 0.3) is 0 Å². The van der Waals surface area contributed by atoms with Gasteiger partial charge in [-0.25, -0.2) is 0 Å². The monoisotopic (exact) mass is 168 g/mol. The van der Waals surface area contributed by atoms with Gasteiger partial charge in [0.2, 0.25) is 0 Å². The lowest BCUT2D eigenvalue weighted by Gasteiger charge is -2.22. The van der Waals surface area contributed by atoms with Gasteiger partial charge < -0.3 is 5.11 Å². The topological polar surface area (TPSA) is 20.2 Å². The van der Waals surface area contributed by atoms with Gasteiger partial charge in [0, 0.05) is 0 Å². The van der Waals surface area contributed by atoms with Crippen LogP contribution in [0.5, 0.6) is 0 Å². The van der Waals surface area contributed by atoms with Crippen molar-refractivity contribution in [3.8, 4) is 0 Å². The van der Waals surface area contributed by atoms with Crippen molar-refractivity contribution in [1.29, 1.82) is 0 Å². The molecule has 1 N–H and O–H groups in total. The first-order valence-corrected chi connectivity index (χ1v) is 4.72. The van der Waals surface area contributed by atoms with Gasteiger partial charge in [-0.2, -0.15) is 0 Å². The standard InChI is InChI=1S/C11H20O/c1-9(2)7-11(12)6-5-10(3,4)8-11/h7,12H,5-6,8H2,1-4H3. The van der Waals surface area contributed by atoms with Gasteiger partial charge in [-0.1, -0.05) is 25.5 Å². The summed E-state index contributed by atoms with van der Waals surface area (Å²) in [5.74, 6) is 0. The summed E-state index contributed by atoms with van der Waals surface area (Å²) >= 11 is 0. The normalized spacial score (nSPS) is 33.4. The van der Waals surface area contributed by atoms with E-state index in [4.69, 9.17) is 0 Å². The number of allylic oxidation sites excluding steroid dienone is 1. The third-order valence-electron chi connectivity index (χ3n) is 2.58. The van der Waals surface area contributed by atoms with Crippen LogP contribution in [-0.4, -0.2) is 10.7 Å². The Labute approximate surface area is 75.5 Å². The Morgan fingerprint density at radius 3 is 2.17 bits per heavy atom. The average molecular weight is 168 g/mol. The van der Waals surface area contributed by atoms with Gasteiger partial charge in [0.1, 0.15) is 0 Å². The smallest absolute Gasteiger partial charge is 0.0835 e. The average Bonchev–Trinajstić information content (AvgIpc) is 2.03. The second-order valence-corrected chi connectivity index (χ2v) is 5.17. The zero-order valence-electron chi connectivity index (χ0n) is 8.65. The molecule has 1 nitrogen and oxygen atoms in total. The molecule has 1 fully saturated rings. The predicted molar refractivity (Wildman–Crippen MR) is 52.0 cm³/mol. The molecule has 1 aliphatic rings. The van der Waals surface area contributed by atoms with E-state index in [0.717, 1.165) is 19.3 Å². The highest BCUT2D eigenvalue weighted by atomic mass is 16.3. The van der Waals surface area contributed by atoms with Gasteiger partial charge in [-0.15, -0.1) is 0 Å². The fourth-order valence-electron chi connectivity index (χ4n) is 2.22. The van der Waals surface area contributed by atoms with E-state index < -0.39 is 5.60 Å². The molecule has 1 heteroatoms. The summed E-state index contributed by atoms with van der Waals surface area (Å²) in [7, 11) is 0. The van der Waals surface area contributed by atoms with E-state index in [-0.39, 0.29) is 0 Å². The molecule has 1 saturated carbocycles. The van der Waals surface area contributed by atoms with Crippen molar-refractivity contribution in [2.45, 2.75) is 52.6 Å². The van der Waals surface area contributed by atoms with Crippen LogP contribution < -0.4 is 0 Å². The second-order valence-electron chi connectivity index (χ2n) is 5.17. The lowest BCUT2D eigenvalue weighted by atomic mass is 9.89. The Bertz CT molecular complexity index is 199. The van der Waals surface area contributed by atoms with E-state index >= 15 is 0 Å². The van der Waals surface area contributed by atoms with E-state index in [0.29, 0.717) is 5.41 Å². The Kier molecular flexibility index (Phi) is 2.35. The minimum atomic E-state index is -0.512. The fraction of sp³-hybridized carbons (Fsp3) is 0.818. The molecule has 0 aromatic heterocycles. The van der Waals surface area contributed by atoms with Gasteiger partial charge in [-0.05, 0) is 38.5 Å². The van der Waals surface area contributed by atoms with E-state index in [1.54, 1.807) is 0 Å². The van der Waals surface area contributed by atoms with E-state index in [1.807, 2.05) is 19.9 Å². The molecule has 1 aliphatic carbocycles. The Hall–Kier alpha value is -0.300. The maximum Gasteiger partial charge on any atom is 0.0835 e. The van der Waals surface area contributed by atoms with Crippen LogP contribution in [0.15, 0.2) is 11.6 Å². The van der Waals surface area contributed by atoms with Crippen LogP contribution in [-0.2, 0) is 0 Å². The second kappa shape index (κ2) is 2.88. The van der Waals surface area contributed by atoms with E-state index in [9.17, 15) is 5.11 Å². The summed E-state index contributed by atoms with van der Waals surface area (Å²) in [6.07, 6.45) is 4.98. The molecule has 1 rings (SSSR count). The van der Waals surface area contributed by atoms with Crippen molar-refractivity contribution < 1.29 is 5.11 Å². The first kappa shape index (κ1) is 9.79.